The molecular formula is C15H18F2O. The van der Waals surface area contributed by atoms with Gasteiger partial charge in [0.1, 0.15) is 17.4 Å². The van der Waals surface area contributed by atoms with E-state index in [1.54, 1.807) is 6.92 Å². The first-order valence-corrected chi connectivity index (χ1v) is 6.45. The second kappa shape index (κ2) is 4.45. The molecule has 1 aliphatic carbocycles. The predicted octanol–water partition coefficient (Wildman–Crippen LogP) is 4.14. The number of halogens is 2. The van der Waals surface area contributed by atoms with Crippen molar-refractivity contribution in [1.82, 2.24) is 0 Å². The first-order chi connectivity index (χ1) is 8.46. The van der Waals surface area contributed by atoms with Gasteiger partial charge in [0.25, 0.3) is 0 Å². The lowest BCUT2D eigenvalue weighted by Gasteiger charge is -2.47. The summed E-state index contributed by atoms with van der Waals surface area (Å²) in [7, 11) is 0. The molecule has 0 amide bonds. The Hall–Kier alpha value is -1.25. The Morgan fingerprint density at radius 2 is 1.83 bits per heavy atom. The summed E-state index contributed by atoms with van der Waals surface area (Å²) < 4.78 is 27.6. The highest BCUT2D eigenvalue weighted by Crippen LogP contribution is 2.55. The summed E-state index contributed by atoms with van der Waals surface area (Å²) in [5.41, 5.74) is 0.185. The number of aryl methyl sites for hydroxylation is 1. The number of hydrogen-bond donors (Lipinski definition) is 0. The van der Waals surface area contributed by atoms with Gasteiger partial charge >= 0.3 is 0 Å². The van der Waals surface area contributed by atoms with Crippen LogP contribution in [0, 0.1) is 24.0 Å². The Labute approximate surface area is 106 Å². The lowest BCUT2D eigenvalue weighted by molar-refractivity contribution is -0.141. The van der Waals surface area contributed by atoms with Gasteiger partial charge < -0.3 is 0 Å². The van der Waals surface area contributed by atoms with Gasteiger partial charge in [-0.2, -0.15) is 0 Å². The van der Waals surface area contributed by atoms with E-state index >= 15 is 0 Å². The number of rotatable bonds is 3. The van der Waals surface area contributed by atoms with E-state index in [-0.39, 0.29) is 11.7 Å². The van der Waals surface area contributed by atoms with Crippen LogP contribution in [0.2, 0.25) is 0 Å². The largest absolute Gasteiger partial charge is 0.299 e. The average Bonchev–Trinajstić information content (AvgIpc) is 2.33. The molecule has 3 heteroatoms. The molecule has 98 valence electrons. The summed E-state index contributed by atoms with van der Waals surface area (Å²) in [5, 5.41) is 0. The number of Topliss-reactive ketones (excluding diaryl/α,β-unsaturated/α-hetero) is 1. The van der Waals surface area contributed by atoms with E-state index in [1.807, 2.05) is 13.8 Å². The summed E-state index contributed by atoms with van der Waals surface area (Å²) in [4.78, 5) is 11.8. The second-order valence-electron chi connectivity index (χ2n) is 5.17. The van der Waals surface area contributed by atoms with Crippen LogP contribution in [0.15, 0.2) is 12.1 Å². The quantitative estimate of drug-likeness (QED) is 0.790. The van der Waals surface area contributed by atoms with E-state index in [9.17, 15) is 13.6 Å². The minimum atomic E-state index is -0.484. The molecule has 2 rings (SSSR count). The Balaban J connectivity index is 2.45. The zero-order chi connectivity index (χ0) is 13.5. The minimum Gasteiger partial charge on any atom is -0.299 e. The summed E-state index contributed by atoms with van der Waals surface area (Å²) >= 11 is 0. The van der Waals surface area contributed by atoms with Gasteiger partial charge in [-0.3, -0.25) is 4.79 Å². The molecule has 0 bridgehead atoms. The number of hydrogen-bond acceptors (Lipinski definition) is 1. The van der Waals surface area contributed by atoms with Gasteiger partial charge in [-0.05, 0) is 43.0 Å². The molecule has 1 aromatic rings. The Morgan fingerprint density at radius 1 is 1.22 bits per heavy atom. The van der Waals surface area contributed by atoms with Gasteiger partial charge in [0, 0.05) is 17.8 Å². The summed E-state index contributed by atoms with van der Waals surface area (Å²) in [6, 6.07) is 2.49. The van der Waals surface area contributed by atoms with Crippen molar-refractivity contribution in [2.45, 2.75) is 46.0 Å². The van der Waals surface area contributed by atoms with Crippen molar-refractivity contribution in [2.24, 2.45) is 5.41 Å². The molecule has 1 saturated carbocycles. The molecule has 0 spiro atoms. The van der Waals surface area contributed by atoms with Crippen molar-refractivity contribution in [3.05, 3.63) is 34.9 Å². The maximum absolute atomic E-state index is 14.0. The highest BCUT2D eigenvalue weighted by Gasteiger charge is 2.53. The molecule has 0 radical (unpaired) electrons. The molecule has 1 atom stereocenters. The molecule has 0 saturated heterocycles. The fraction of sp³-hybridized carbons (Fsp3) is 0.533. The number of carbonyl (C=O) groups excluding carboxylic acids is 1. The highest BCUT2D eigenvalue weighted by atomic mass is 19.1. The van der Waals surface area contributed by atoms with Gasteiger partial charge in [0.2, 0.25) is 0 Å². The van der Waals surface area contributed by atoms with Crippen molar-refractivity contribution in [3.8, 4) is 0 Å². The zero-order valence-electron chi connectivity index (χ0n) is 11.0. The lowest BCUT2D eigenvalue weighted by Crippen LogP contribution is -2.47. The van der Waals surface area contributed by atoms with Crippen molar-refractivity contribution in [3.63, 3.8) is 0 Å². The zero-order valence-corrected chi connectivity index (χ0v) is 11.0. The van der Waals surface area contributed by atoms with Crippen molar-refractivity contribution < 1.29 is 13.6 Å². The molecule has 0 aliphatic heterocycles. The van der Waals surface area contributed by atoms with E-state index in [1.165, 1.54) is 12.1 Å². The molecule has 0 aromatic heterocycles. The van der Waals surface area contributed by atoms with Crippen LogP contribution >= 0.6 is 0 Å². The van der Waals surface area contributed by atoms with Crippen molar-refractivity contribution in [2.75, 3.05) is 0 Å². The Morgan fingerprint density at radius 3 is 2.33 bits per heavy atom. The smallest absolute Gasteiger partial charge is 0.140 e. The van der Waals surface area contributed by atoms with Gasteiger partial charge in [0.05, 0.1) is 0 Å². The fourth-order valence-electron chi connectivity index (χ4n) is 3.12. The van der Waals surface area contributed by atoms with Crippen LogP contribution in [-0.2, 0) is 4.79 Å². The van der Waals surface area contributed by atoms with Gasteiger partial charge in [0.15, 0.2) is 0 Å². The van der Waals surface area contributed by atoms with E-state index in [0.717, 1.165) is 0 Å². The normalized spacial score (nSPS) is 21.8. The summed E-state index contributed by atoms with van der Waals surface area (Å²) in [6.07, 6.45) is 1.70. The van der Waals surface area contributed by atoms with E-state index in [4.69, 9.17) is 0 Å². The van der Waals surface area contributed by atoms with Crippen molar-refractivity contribution in [1.29, 1.82) is 0 Å². The van der Waals surface area contributed by atoms with E-state index in [2.05, 4.69) is 0 Å². The van der Waals surface area contributed by atoms with E-state index in [0.29, 0.717) is 30.4 Å². The van der Waals surface area contributed by atoms with Crippen molar-refractivity contribution >= 4 is 5.78 Å². The number of carbonyl (C=O) groups is 1. The van der Waals surface area contributed by atoms with Gasteiger partial charge in [-0.15, -0.1) is 0 Å². The molecule has 1 nitrogen and oxygen atoms in total. The number of benzene rings is 1. The number of ketones is 1. The Bertz CT molecular complexity index is 490. The minimum absolute atomic E-state index is 0.171. The van der Waals surface area contributed by atoms with Crippen LogP contribution in [0.3, 0.4) is 0 Å². The average molecular weight is 252 g/mol. The topological polar surface area (TPSA) is 17.1 Å². The van der Waals surface area contributed by atoms with Gasteiger partial charge in [-0.25, -0.2) is 8.78 Å². The third-order valence-corrected chi connectivity index (χ3v) is 4.53. The third-order valence-electron chi connectivity index (χ3n) is 4.53. The van der Waals surface area contributed by atoms with E-state index < -0.39 is 17.0 Å². The second-order valence-corrected chi connectivity index (χ2v) is 5.17. The molecule has 1 unspecified atom stereocenters. The van der Waals surface area contributed by atoms with Crippen LogP contribution in [0.4, 0.5) is 8.78 Å². The molecule has 0 N–H and O–H groups in total. The SMILES string of the molecule is CCC1(CC)C(=O)CC1c1cc(F)c(C)cc1F. The predicted molar refractivity (Wildman–Crippen MR) is 66.5 cm³/mol. The maximum atomic E-state index is 14.0. The van der Waals surface area contributed by atoms with Crippen LogP contribution in [0.25, 0.3) is 0 Å². The molecule has 1 fully saturated rings. The molecule has 18 heavy (non-hydrogen) atoms. The first-order valence-electron chi connectivity index (χ1n) is 6.45. The first kappa shape index (κ1) is 13.2. The molecular weight excluding hydrogens is 234 g/mol. The standard InChI is InChI=1S/C15H18F2O/c1-4-15(5-2)11(8-14(15)18)10-7-12(16)9(3)6-13(10)17/h6-7,11H,4-5,8H2,1-3H3. The molecule has 1 aliphatic rings. The third kappa shape index (κ3) is 1.68. The fourth-order valence-corrected chi connectivity index (χ4v) is 3.12. The van der Waals surface area contributed by atoms with Gasteiger partial charge in [-0.1, -0.05) is 13.8 Å². The van der Waals surface area contributed by atoms with Crippen LogP contribution < -0.4 is 0 Å². The summed E-state index contributed by atoms with van der Waals surface area (Å²) in [5.74, 6) is -0.780. The van der Waals surface area contributed by atoms with Crippen LogP contribution in [0.5, 0.6) is 0 Å². The Kier molecular flexibility index (Phi) is 3.26. The monoisotopic (exact) mass is 252 g/mol. The maximum Gasteiger partial charge on any atom is 0.140 e. The lowest BCUT2D eigenvalue weighted by atomic mass is 9.54. The summed E-state index contributed by atoms with van der Waals surface area (Å²) in [6.45, 7) is 5.42. The molecule has 1 aromatic carbocycles. The highest BCUT2D eigenvalue weighted by molar-refractivity contribution is 5.93. The molecule has 0 heterocycles. The van der Waals surface area contributed by atoms with Crippen LogP contribution in [0.1, 0.15) is 50.2 Å². The van der Waals surface area contributed by atoms with Crippen LogP contribution in [-0.4, -0.2) is 5.78 Å².